The zero-order valence-corrected chi connectivity index (χ0v) is 23.3. The molecular formula is C24H31N5O7S2. The van der Waals surface area contributed by atoms with Gasteiger partial charge in [-0.05, 0) is 43.2 Å². The molecule has 1 aromatic carbocycles. The standard InChI is InChI=1S/C24H31N5O7S2/c1-5-29(6-2)38(34,35)17-10-8-16(9-11-17)21(31)25-23-20(22(32)27-26-15(4)30)18-12-13-28(14-19(18)37-23)24(33)36-7-3/h8-11H,5-7,12-14H2,1-4H3,(H,25,31)(H,26,30)(H,27,32). The smallest absolute Gasteiger partial charge is 0.410 e. The third-order valence-corrected chi connectivity index (χ3v) is 9.05. The van der Waals surface area contributed by atoms with E-state index >= 15 is 0 Å². The lowest BCUT2D eigenvalue weighted by atomic mass is 10.0. The highest BCUT2D eigenvalue weighted by molar-refractivity contribution is 7.89. The molecule has 1 aliphatic rings. The van der Waals surface area contributed by atoms with Crippen LogP contribution in [0, 0.1) is 0 Å². The van der Waals surface area contributed by atoms with Crippen LogP contribution in [-0.4, -0.2) is 67.7 Å². The molecule has 0 spiro atoms. The number of benzene rings is 1. The first-order valence-electron chi connectivity index (χ1n) is 12.1. The predicted molar refractivity (Wildman–Crippen MR) is 141 cm³/mol. The van der Waals surface area contributed by atoms with Crippen LogP contribution in [-0.2, 0) is 32.5 Å². The van der Waals surface area contributed by atoms with Crippen molar-refractivity contribution in [2.75, 3.05) is 31.6 Å². The van der Waals surface area contributed by atoms with Gasteiger partial charge in [0.2, 0.25) is 15.9 Å². The Labute approximate surface area is 225 Å². The summed E-state index contributed by atoms with van der Waals surface area (Å²) in [6, 6.07) is 5.53. The fourth-order valence-corrected chi connectivity index (χ4v) is 6.69. The summed E-state index contributed by atoms with van der Waals surface area (Å²) in [7, 11) is -3.68. The molecule has 2 heterocycles. The van der Waals surface area contributed by atoms with Crippen molar-refractivity contribution < 1.29 is 32.3 Å². The maximum Gasteiger partial charge on any atom is 0.410 e. The summed E-state index contributed by atoms with van der Waals surface area (Å²) in [5.74, 6) is -1.63. The van der Waals surface area contributed by atoms with Crippen molar-refractivity contribution in [3.8, 4) is 0 Å². The molecule has 1 aromatic heterocycles. The van der Waals surface area contributed by atoms with Crippen molar-refractivity contribution in [3.63, 3.8) is 0 Å². The fraction of sp³-hybridized carbons (Fsp3) is 0.417. The van der Waals surface area contributed by atoms with E-state index in [2.05, 4.69) is 16.2 Å². The molecule has 0 atom stereocenters. The minimum absolute atomic E-state index is 0.0683. The van der Waals surface area contributed by atoms with Gasteiger partial charge in [-0.25, -0.2) is 13.2 Å². The molecule has 14 heteroatoms. The van der Waals surface area contributed by atoms with E-state index in [-0.39, 0.29) is 34.2 Å². The highest BCUT2D eigenvalue weighted by Gasteiger charge is 2.31. The van der Waals surface area contributed by atoms with Crippen molar-refractivity contribution >= 4 is 50.2 Å². The van der Waals surface area contributed by atoms with Gasteiger partial charge in [0.25, 0.3) is 11.8 Å². The summed E-state index contributed by atoms with van der Waals surface area (Å²) < 4.78 is 31.9. The molecule has 0 radical (unpaired) electrons. The van der Waals surface area contributed by atoms with Gasteiger partial charge in [0.1, 0.15) is 5.00 Å². The Balaban J connectivity index is 1.89. The van der Waals surface area contributed by atoms with Gasteiger partial charge in [-0.15, -0.1) is 11.3 Å². The largest absolute Gasteiger partial charge is 0.450 e. The van der Waals surface area contributed by atoms with E-state index in [1.807, 2.05) is 0 Å². The number of thiophene rings is 1. The van der Waals surface area contributed by atoms with Gasteiger partial charge in [-0.2, -0.15) is 4.31 Å². The summed E-state index contributed by atoms with van der Waals surface area (Å²) in [6.45, 7) is 7.83. The van der Waals surface area contributed by atoms with E-state index < -0.39 is 33.8 Å². The topological polar surface area (TPSA) is 154 Å². The van der Waals surface area contributed by atoms with Crippen LogP contribution < -0.4 is 16.2 Å². The molecule has 38 heavy (non-hydrogen) atoms. The van der Waals surface area contributed by atoms with Crippen molar-refractivity contribution in [1.29, 1.82) is 0 Å². The average Bonchev–Trinajstić information content (AvgIpc) is 3.25. The van der Waals surface area contributed by atoms with Crippen LogP contribution in [0.1, 0.15) is 58.9 Å². The second-order valence-corrected chi connectivity index (χ2v) is 11.3. The van der Waals surface area contributed by atoms with E-state index in [9.17, 15) is 27.6 Å². The number of hydrogen-bond donors (Lipinski definition) is 3. The van der Waals surface area contributed by atoms with Crippen molar-refractivity contribution in [1.82, 2.24) is 20.1 Å². The number of ether oxygens (including phenoxy) is 1. The Bertz CT molecular complexity index is 1320. The van der Waals surface area contributed by atoms with Gasteiger partial charge in [0.15, 0.2) is 0 Å². The lowest BCUT2D eigenvalue weighted by Crippen LogP contribution is -2.41. The molecule has 12 nitrogen and oxygen atoms in total. The van der Waals surface area contributed by atoms with Crippen LogP contribution in [0.15, 0.2) is 29.2 Å². The van der Waals surface area contributed by atoms with Crippen molar-refractivity contribution in [2.24, 2.45) is 0 Å². The number of sulfonamides is 1. The van der Waals surface area contributed by atoms with Crippen LogP contribution in [0.5, 0.6) is 0 Å². The molecule has 0 saturated heterocycles. The van der Waals surface area contributed by atoms with Crippen LogP contribution in [0.4, 0.5) is 9.80 Å². The summed E-state index contributed by atoms with van der Waals surface area (Å²) in [5, 5.41) is 2.98. The number of carbonyl (C=O) groups is 4. The first-order chi connectivity index (χ1) is 18.0. The number of hydrazine groups is 1. The Morgan fingerprint density at radius 2 is 1.68 bits per heavy atom. The maximum absolute atomic E-state index is 13.1. The Kier molecular flexibility index (Phi) is 9.46. The van der Waals surface area contributed by atoms with Crippen LogP contribution in [0.3, 0.4) is 0 Å². The quantitative estimate of drug-likeness (QED) is 0.415. The van der Waals surface area contributed by atoms with Gasteiger partial charge >= 0.3 is 6.09 Å². The molecule has 4 amide bonds. The molecular weight excluding hydrogens is 534 g/mol. The Morgan fingerprint density at radius 3 is 2.26 bits per heavy atom. The third kappa shape index (κ3) is 6.31. The Morgan fingerprint density at radius 1 is 1.03 bits per heavy atom. The van der Waals surface area contributed by atoms with Gasteiger partial charge in [0, 0.05) is 37.0 Å². The second kappa shape index (κ2) is 12.4. The zero-order valence-electron chi connectivity index (χ0n) is 21.6. The number of amides is 4. The van der Waals surface area contributed by atoms with Gasteiger partial charge in [-0.1, -0.05) is 13.8 Å². The lowest BCUT2D eigenvalue weighted by molar-refractivity contribution is -0.119. The highest BCUT2D eigenvalue weighted by Crippen LogP contribution is 2.37. The lowest BCUT2D eigenvalue weighted by Gasteiger charge is -2.26. The number of anilines is 1. The molecule has 0 aliphatic carbocycles. The maximum atomic E-state index is 13.1. The second-order valence-electron chi connectivity index (χ2n) is 8.28. The van der Waals surface area contributed by atoms with Crippen molar-refractivity contribution in [2.45, 2.75) is 45.6 Å². The molecule has 3 N–H and O–H groups in total. The number of rotatable bonds is 8. The number of fused-ring (bicyclic) bond motifs is 1. The number of nitrogens with zero attached hydrogens (tertiary/aromatic N) is 2. The molecule has 0 fully saturated rings. The minimum atomic E-state index is -3.68. The average molecular weight is 566 g/mol. The molecule has 0 unspecified atom stereocenters. The molecule has 1 aliphatic heterocycles. The van der Waals surface area contributed by atoms with Crippen LogP contribution in [0.25, 0.3) is 0 Å². The van der Waals surface area contributed by atoms with E-state index in [0.29, 0.717) is 36.5 Å². The molecule has 2 aromatic rings. The van der Waals surface area contributed by atoms with Crippen LogP contribution in [0.2, 0.25) is 0 Å². The molecule has 0 saturated carbocycles. The fourth-order valence-electron chi connectivity index (χ4n) is 3.98. The van der Waals surface area contributed by atoms with E-state index in [1.54, 1.807) is 20.8 Å². The zero-order chi connectivity index (χ0) is 28.0. The number of nitrogens with one attached hydrogen (secondary N) is 3. The first-order valence-corrected chi connectivity index (χ1v) is 14.3. The summed E-state index contributed by atoms with van der Waals surface area (Å²) in [5.41, 5.74) is 5.62. The first kappa shape index (κ1) is 29.1. The molecule has 3 rings (SSSR count). The van der Waals surface area contributed by atoms with E-state index in [0.717, 1.165) is 11.3 Å². The summed E-state index contributed by atoms with van der Waals surface area (Å²) in [6.07, 6.45) is -0.123. The van der Waals surface area contributed by atoms with Crippen LogP contribution >= 0.6 is 11.3 Å². The third-order valence-electron chi connectivity index (χ3n) is 5.85. The van der Waals surface area contributed by atoms with Gasteiger partial charge in [0.05, 0.1) is 23.6 Å². The minimum Gasteiger partial charge on any atom is -0.450 e. The van der Waals surface area contributed by atoms with Gasteiger partial charge < -0.3 is 15.0 Å². The van der Waals surface area contributed by atoms with Crippen molar-refractivity contribution in [3.05, 3.63) is 45.8 Å². The predicted octanol–water partition coefficient (Wildman–Crippen LogP) is 2.33. The van der Waals surface area contributed by atoms with Gasteiger partial charge in [-0.3, -0.25) is 25.2 Å². The van der Waals surface area contributed by atoms with E-state index in [1.165, 1.54) is 40.4 Å². The molecule has 206 valence electrons. The number of carbonyl (C=O) groups excluding carboxylic acids is 4. The van der Waals surface area contributed by atoms with E-state index in [4.69, 9.17) is 4.74 Å². The number of hydrogen-bond acceptors (Lipinski definition) is 8. The summed E-state index contributed by atoms with van der Waals surface area (Å²) >= 11 is 1.15. The Hall–Kier alpha value is -3.49. The SMILES string of the molecule is CCOC(=O)N1CCc2c(sc(NC(=O)c3ccc(S(=O)(=O)N(CC)CC)cc3)c2C(=O)NNC(C)=O)C1. The normalized spacial score (nSPS) is 13.0. The highest BCUT2D eigenvalue weighted by atomic mass is 32.2. The molecule has 0 bridgehead atoms. The monoisotopic (exact) mass is 565 g/mol. The summed E-state index contributed by atoms with van der Waals surface area (Å²) in [4.78, 5) is 51.9.